The second kappa shape index (κ2) is 12.4. The summed E-state index contributed by atoms with van der Waals surface area (Å²) in [6.45, 7) is 6.10. The summed E-state index contributed by atoms with van der Waals surface area (Å²) >= 11 is 2.14. The molecule has 0 unspecified atom stereocenters. The first-order valence-electron chi connectivity index (χ1n) is 10.9. The predicted molar refractivity (Wildman–Crippen MR) is 140 cm³/mol. The number of carbonyl (C=O) groups excluding carboxylic acids is 2. The lowest BCUT2D eigenvalue weighted by molar-refractivity contribution is -0.140. The number of hydrogen-bond donors (Lipinski definition) is 1. The van der Waals surface area contributed by atoms with E-state index in [1.165, 1.54) is 4.90 Å². The van der Waals surface area contributed by atoms with E-state index < -0.39 is 22.0 Å². The molecule has 0 radical (unpaired) electrons. The average molecular weight is 586 g/mol. The number of rotatable bonds is 11. The van der Waals surface area contributed by atoms with Gasteiger partial charge in [0.1, 0.15) is 12.6 Å². The Bertz CT molecular complexity index is 1060. The molecule has 0 saturated heterocycles. The monoisotopic (exact) mass is 585 g/mol. The number of nitrogens with zero attached hydrogens (tertiary/aromatic N) is 2. The van der Waals surface area contributed by atoms with Crippen molar-refractivity contribution in [3.63, 3.8) is 0 Å². The number of anilines is 1. The molecule has 0 fully saturated rings. The van der Waals surface area contributed by atoms with E-state index in [9.17, 15) is 18.0 Å². The number of benzene rings is 2. The highest BCUT2D eigenvalue weighted by atomic mass is 127. The van der Waals surface area contributed by atoms with Crippen LogP contribution in [0.2, 0.25) is 0 Å². The molecule has 180 valence electrons. The number of amides is 2. The Balaban J connectivity index is 2.42. The Morgan fingerprint density at radius 3 is 2.24 bits per heavy atom. The van der Waals surface area contributed by atoms with E-state index >= 15 is 0 Å². The molecule has 0 saturated carbocycles. The van der Waals surface area contributed by atoms with Gasteiger partial charge in [-0.1, -0.05) is 38.1 Å². The molecule has 0 bridgehead atoms. The van der Waals surface area contributed by atoms with Crippen molar-refractivity contribution in [2.75, 3.05) is 23.7 Å². The van der Waals surface area contributed by atoms with E-state index in [4.69, 9.17) is 0 Å². The van der Waals surface area contributed by atoms with Crippen molar-refractivity contribution in [2.45, 2.75) is 46.2 Å². The number of aryl methyl sites for hydroxylation is 1. The molecule has 2 amide bonds. The quantitative estimate of drug-likeness (QED) is 0.408. The Morgan fingerprint density at radius 2 is 1.70 bits per heavy atom. The van der Waals surface area contributed by atoms with Gasteiger partial charge in [-0.15, -0.1) is 0 Å². The molecular formula is C24H32IN3O4S. The van der Waals surface area contributed by atoms with Crippen LogP contribution in [0.5, 0.6) is 0 Å². The van der Waals surface area contributed by atoms with Crippen LogP contribution < -0.4 is 9.62 Å². The summed E-state index contributed by atoms with van der Waals surface area (Å²) in [6.07, 6.45) is 2.27. The van der Waals surface area contributed by atoms with Gasteiger partial charge in [0.2, 0.25) is 21.8 Å². The van der Waals surface area contributed by atoms with E-state index in [1.54, 1.807) is 24.3 Å². The summed E-state index contributed by atoms with van der Waals surface area (Å²) in [6, 6.07) is 13.9. The van der Waals surface area contributed by atoms with Crippen molar-refractivity contribution in [1.29, 1.82) is 0 Å². The van der Waals surface area contributed by atoms with Gasteiger partial charge in [-0.3, -0.25) is 13.9 Å². The summed E-state index contributed by atoms with van der Waals surface area (Å²) in [5, 5.41) is 2.88. The second-order valence-electron chi connectivity index (χ2n) is 7.91. The molecule has 0 aliphatic heterocycles. The van der Waals surface area contributed by atoms with Crippen molar-refractivity contribution in [3.8, 4) is 0 Å². The normalized spacial score (nSPS) is 12.2. The van der Waals surface area contributed by atoms with Crippen molar-refractivity contribution >= 4 is 50.1 Å². The Hall–Kier alpha value is -2.14. The van der Waals surface area contributed by atoms with Crippen LogP contribution >= 0.6 is 22.6 Å². The van der Waals surface area contributed by atoms with Gasteiger partial charge < -0.3 is 10.2 Å². The predicted octanol–water partition coefficient (Wildman–Crippen LogP) is 3.70. The lowest BCUT2D eigenvalue weighted by Gasteiger charge is -2.33. The number of sulfonamides is 1. The molecule has 0 aliphatic carbocycles. The SMILES string of the molecule is CCCNC(=O)[C@H](CC)N(Cc1ccccc1C)C(=O)CN(c1ccc(I)cc1)S(C)(=O)=O. The van der Waals surface area contributed by atoms with E-state index in [-0.39, 0.29) is 19.0 Å². The molecule has 2 rings (SSSR count). The zero-order valence-electron chi connectivity index (χ0n) is 19.5. The molecule has 9 heteroatoms. The van der Waals surface area contributed by atoms with Crippen molar-refractivity contribution in [2.24, 2.45) is 0 Å². The van der Waals surface area contributed by atoms with Crippen LogP contribution in [0.4, 0.5) is 5.69 Å². The molecule has 1 N–H and O–H groups in total. The maximum absolute atomic E-state index is 13.6. The third-order valence-corrected chi connectivity index (χ3v) is 7.19. The van der Waals surface area contributed by atoms with Crippen LogP contribution in [0.3, 0.4) is 0 Å². The summed E-state index contributed by atoms with van der Waals surface area (Å²) in [5.74, 6) is -0.665. The minimum absolute atomic E-state index is 0.216. The molecular weight excluding hydrogens is 553 g/mol. The Labute approximate surface area is 210 Å². The molecule has 33 heavy (non-hydrogen) atoms. The maximum atomic E-state index is 13.6. The Morgan fingerprint density at radius 1 is 1.06 bits per heavy atom. The largest absolute Gasteiger partial charge is 0.354 e. The first-order valence-corrected chi connectivity index (χ1v) is 13.9. The fraction of sp³-hybridized carbons (Fsp3) is 0.417. The highest BCUT2D eigenvalue weighted by molar-refractivity contribution is 14.1. The van der Waals surface area contributed by atoms with Crippen LogP contribution in [-0.4, -0.2) is 50.5 Å². The lowest BCUT2D eigenvalue weighted by Crippen LogP contribution is -2.52. The Kier molecular flexibility index (Phi) is 10.2. The van der Waals surface area contributed by atoms with Gasteiger partial charge in [-0.05, 0) is 77.7 Å². The second-order valence-corrected chi connectivity index (χ2v) is 11.1. The summed E-state index contributed by atoms with van der Waals surface area (Å²) in [4.78, 5) is 28.0. The van der Waals surface area contributed by atoms with Crippen molar-refractivity contribution in [1.82, 2.24) is 10.2 Å². The fourth-order valence-electron chi connectivity index (χ4n) is 3.48. The number of halogens is 1. The van der Waals surface area contributed by atoms with Crippen LogP contribution in [0.25, 0.3) is 0 Å². The standard InChI is InChI=1S/C24H32IN3O4S/c1-5-15-26-24(30)22(6-2)27(16-19-10-8-7-9-18(19)3)23(29)17-28(33(4,31)32)21-13-11-20(25)12-14-21/h7-14,22H,5-6,15-17H2,1-4H3,(H,26,30)/t22-/m0/s1. The lowest BCUT2D eigenvalue weighted by atomic mass is 10.1. The molecule has 7 nitrogen and oxygen atoms in total. The first-order chi connectivity index (χ1) is 15.6. The van der Waals surface area contributed by atoms with E-state index in [1.807, 2.05) is 45.0 Å². The van der Waals surface area contributed by atoms with Crippen LogP contribution in [-0.2, 0) is 26.2 Å². The van der Waals surface area contributed by atoms with Gasteiger partial charge in [0, 0.05) is 16.7 Å². The van der Waals surface area contributed by atoms with Crippen LogP contribution in [0.15, 0.2) is 48.5 Å². The number of nitrogens with one attached hydrogen (secondary N) is 1. The summed E-state index contributed by atoms with van der Waals surface area (Å²) < 4.78 is 27.2. The van der Waals surface area contributed by atoms with Gasteiger partial charge in [0.05, 0.1) is 11.9 Å². The topological polar surface area (TPSA) is 86.8 Å². The molecule has 1 atom stereocenters. The van der Waals surface area contributed by atoms with Gasteiger partial charge >= 0.3 is 0 Å². The number of hydrogen-bond acceptors (Lipinski definition) is 4. The van der Waals surface area contributed by atoms with Crippen molar-refractivity contribution < 1.29 is 18.0 Å². The van der Waals surface area contributed by atoms with Gasteiger partial charge in [-0.25, -0.2) is 8.42 Å². The smallest absolute Gasteiger partial charge is 0.244 e. The summed E-state index contributed by atoms with van der Waals surface area (Å²) in [7, 11) is -3.72. The van der Waals surface area contributed by atoms with Crippen LogP contribution in [0.1, 0.15) is 37.8 Å². The maximum Gasteiger partial charge on any atom is 0.244 e. The highest BCUT2D eigenvalue weighted by Crippen LogP contribution is 2.21. The van der Waals surface area contributed by atoms with E-state index in [2.05, 4.69) is 27.9 Å². The first kappa shape index (κ1) is 27.1. The minimum Gasteiger partial charge on any atom is -0.354 e. The van der Waals surface area contributed by atoms with Crippen molar-refractivity contribution in [3.05, 3.63) is 63.2 Å². The number of carbonyl (C=O) groups is 2. The van der Waals surface area contributed by atoms with Gasteiger partial charge in [0.25, 0.3) is 0 Å². The molecule has 0 aliphatic rings. The third kappa shape index (κ3) is 7.70. The third-order valence-electron chi connectivity index (χ3n) is 5.33. The molecule has 0 heterocycles. The molecule has 0 aromatic heterocycles. The molecule has 2 aromatic carbocycles. The highest BCUT2D eigenvalue weighted by Gasteiger charge is 2.31. The van der Waals surface area contributed by atoms with E-state index in [0.29, 0.717) is 18.7 Å². The zero-order valence-corrected chi connectivity index (χ0v) is 22.5. The van der Waals surface area contributed by atoms with E-state index in [0.717, 1.165) is 31.7 Å². The minimum atomic E-state index is -3.72. The van der Waals surface area contributed by atoms with Crippen LogP contribution in [0, 0.1) is 10.5 Å². The van der Waals surface area contributed by atoms with Gasteiger partial charge in [-0.2, -0.15) is 0 Å². The zero-order chi connectivity index (χ0) is 24.6. The molecule has 0 spiro atoms. The van der Waals surface area contributed by atoms with Gasteiger partial charge in [0.15, 0.2) is 0 Å². The average Bonchev–Trinajstić information content (AvgIpc) is 2.77. The summed E-state index contributed by atoms with van der Waals surface area (Å²) in [5.41, 5.74) is 2.31. The fourth-order valence-corrected chi connectivity index (χ4v) is 4.69. The molecule has 2 aromatic rings.